The lowest BCUT2D eigenvalue weighted by atomic mass is 9.75. The van der Waals surface area contributed by atoms with Crippen LogP contribution in [0.2, 0.25) is 24.7 Å². The number of nitrogens with one attached hydrogen (secondary N) is 1. The third-order valence-corrected chi connectivity index (χ3v) is 7.40. The summed E-state index contributed by atoms with van der Waals surface area (Å²) >= 11 is 0. The second-order valence-electron chi connectivity index (χ2n) is 7.25. The summed E-state index contributed by atoms with van der Waals surface area (Å²) in [5.41, 5.74) is -0.684. The molecule has 0 aliphatic rings. The first-order valence-electron chi connectivity index (χ1n) is 12.7. The lowest BCUT2D eigenvalue weighted by Gasteiger charge is -2.35. The fourth-order valence-corrected chi connectivity index (χ4v) is 4.98. The molecule has 0 aromatic heterocycles. The molecular weight excluding hydrogens is 410 g/mol. The zero-order chi connectivity index (χ0) is 27.7. The van der Waals surface area contributed by atoms with Gasteiger partial charge in [-0.3, -0.25) is 4.79 Å². The predicted molar refractivity (Wildman–Crippen MR) is 104 cm³/mol. The minimum absolute atomic E-state index is 0.0391. The molecule has 0 aliphatic heterocycles. The van der Waals surface area contributed by atoms with Crippen molar-refractivity contribution >= 4 is 32.1 Å². The van der Waals surface area contributed by atoms with Gasteiger partial charge in [-0.25, -0.2) is 0 Å². The standard InChI is InChI=1S/C14H35NO9Si3/c1-13(16)15-12-14(6-3-9-25(2,17)18,7-4-10-26(19,20)21)8-5-11-27(22,23)24/h17-24H,3-12H2,1-2H3,(H,15,16)/i2T,17T,18T,19T,20T,21T,22T,23T,24T. The molecule has 0 fully saturated rings. The van der Waals surface area contributed by atoms with Crippen molar-refractivity contribution in [2.24, 2.45) is 5.41 Å². The summed E-state index contributed by atoms with van der Waals surface area (Å²) in [4.78, 5) is 47.3. The molecule has 13 heteroatoms. The van der Waals surface area contributed by atoms with E-state index in [1.807, 2.05) is 0 Å². The summed E-state index contributed by atoms with van der Waals surface area (Å²) in [5.74, 6) is -0.303. The zero-order valence-corrected chi connectivity index (χ0v) is 18.5. The Bertz CT molecular complexity index is 522. The van der Waals surface area contributed by atoms with Gasteiger partial charge < -0.3 is 43.7 Å². The van der Waals surface area contributed by atoms with Gasteiger partial charge in [-0.15, -0.1) is 0 Å². The Hall–Kier alpha value is -0.199. The van der Waals surface area contributed by atoms with Gasteiger partial charge in [-0.05, 0) is 50.1 Å². The Morgan fingerprint density at radius 2 is 1.37 bits per heavy atom. The van der Waals surface area contributed by atoms with E-state index in [0.717, 1.165) is 0 Å². The van der Waals surface area contributed by atoms with Gasteiger partial charge >= 0.3 is 26.2 Å². The van der Waals surface area contributed by atoms with Gasteiger partial charge in [0.25, 0.3) is 0 Å². The number of hydrogen-bond acceptors (Lipinski definition) is 9. The van der Waals surface area contributed by atoms with Crippen molar-refractivity contribution in [3.8, 4) is 0 Å². The van der Waals surface area contributed by atoms with Crippen molar-refractivity contribution < 1.29 is 44.5 Å². The van der Waals surface area contributed by atoms with Crippen LogP contribution in [0.25, 0.3) is 0 Å². The van der Waals surface area contributed by atoms with Crippen LogP contribution < -0.4 is 5.32 Å². The van der Waals surface area contributed by atoms with E-state index < -0.39 is 31.6 Å². The summed E-state index contributed by atoms with van der Waals surface area (Å²) in [7, 11) is -11.0. The quantitative estimate of drug-likeness (QED) is 0.0845. The molecule has 0 atom stereocenters. The molecule has 10 nitrogen and oxygen atoms in total. The molecule has 0 unspecified atom stereocenters. The highest BCUT2D eigenvalue weighted by atomic mass is 28.4. The van der Waals surface area contributed by atoms with Crippen molar-refractivity contribution in [1.82, 2.24) is 5.32 Å². The molecule has 0 bridgehead atoms. The summed E-state index contributed by atoms with van der Waals surface area (Å²) in [6, 6.07) is 0.0802. The molecule has 0 rings (SSSR count). The molecule has 162 valence electrons. The lowest BCUT2D eigenvalue weighted by Crippen LogP contribution is -2.40. The summed E-state index contributed by atoms with van der Waals surface area (Å²) in [6.45, 7) is 1.15. The summed E-state index contributed by atoms with van der Waals surface area (Å²) in [6.07, 6.45) is 2.02. The van der Waals surface area contributed by atoms with E-state index in [9.17, 15) is 4.79 Å². The summed E-state index contributed by atoms with van der Waals surface area (Å²) in [5, 5.41) is 2.77. The minimum atomic E-state index is -3.84. The van der Waals surface area contributed by atoms with Crippen molar-refractivity contribution in [3.63, 3.8) is 0 Å². The van der Waals surface area contributed by atoms with Crippen molar-refractivity contribution in [2.45, 2.75) is 70.1 Å². The topological polar surface area (TPSA) is 191 Å². The molecule has 27 heavy (non-hydrogen) atoms. The SMILES string of the molecule is [3H]C[Si](CCCC(CCC[Si](O[3H])(O[3H])O[3H])(CCC[Si](O[3H])(O[3H])O[3H])CNC(C)=O)(O[3H])O[3H]. The number of rotatable bonds is 22. The highest BCUT2D eigenvalue weighted by Gasteiger charge is 2.35. The average Bonchev–Trinajstić information content (AvgIpc) is 2.91. The normalized spacial score (nSPS) is 18.0. The second-order valence-corrected chi connectivity index (χ2v) is 13.3. The molecule has 0 heterocycles. The molecule has 1 amide bonds. The fraction of sp³-hybridized carbons (Fsp3) is 0.929. The van der Waals surface area contributed by atoms with E-state index in [-0.39, 0.29) is 49.9 Å². The Labute approximate surface area is 176 Å². The molecular formula is C14H35NO9Si3. The Morgan fingerprint density at radius 1 is 0.889 bits per heavy atom. The molecule has 0 spiro atoms. The van der Waals surface area contributed by atoms with Crippen LogP contribution in [0.4, 0.5) is 0 Å². The van der Waals surface area contributed by atoms with Crippen LogP contribution >= 0.6 is 0 Å². The second kappa shape index (κ2) is 11.1. The van der Waals surface area contributed by atoms with E-state index in [1.54, 1.807) is 0 Å². The number of carbonyl (C=O) groups excluding carboxylic acids is 1. The molecule has 0 radical (unpaired) electrons. The smallest absolute Gasteiger partial charge is 0.411 e. The average molecular weight is 464 g/mol. The minimum Gasteiger partial charge on any atom is -0.411 e. The van der Waals surface area contributed by atoms with E-state index in [0.29, 0.717) is 25.7 Å². The molecule has 0 aromatic carbocycles. The first kappa shape index (κ1) is 14.7. The first-order valence-corrected chi connectivity index (χ1v) is 14.9. The number of amides is 1. The molecule has 0 saturated carbocycles. The molecule has 0 aliphatic carbocycles. The van der Waals surface area contributed by atoms with Gasteiger partial charge in [0.2, 0.25) is 5.91 Å². The predicted octanol–water partition coefficient (Wildman–Crippen LogP) is -1.66. The van der Waals surface area contributed by atoms with Crippen molar-refractivity contribution in [1.29, 1.82) is 11.4 Å². The van der Waals surface area contributed by atoms with Crippen LogP contribution in [0.15, 0.2) is 0 Å². The van der Waals surface area contributed by atoms with Gasteiger partial charge in [0.1, 0.15) is 0 Å². The van der Waals surface area contributed by atoms with Crippen LogP contribution in [-0.4, -0.2) is 88.5 Å². The first-order chi connectivity index (χ1) is 17.1. The number of hydrogen-bond donors (Lipinski definition) is 9. The van der Waals surface area contributed by atoms with Crippen LogP contribution in [0.3, 0.4) is 0 Å². The van der Waals surface area contributed by atoms with E-state index >= 15 is 0 Å². The lowest BCUT2D eigenvalue weighted by molar-refractivity contribution is -0.119. The number of carbonyl (C=O) groups is 1. The monoisotopic (exact) mass is 463 g/mol. The maximum atomic E-state index is 11.7. The van der Waals surface area contributed by atoms with E-state index in [2.05, 4.69) is 43.7 Å². The van der Waals surface area contributed by atoms with E-state index in [1.165, 1.54) is 6.92 Å². The largest absolute Gasteiger partial charge is 0.492 e. The van der Waals surface area contributed by atoms with Gasteiger partial charge in [0, 0.05) is 26.9 Å². The maximum absolute atomic E-state index is 11.7. The third kappa shape index (κ3) is 16.5. The molecule has 0 saturated heterocycles. The van der Waals surface area contributed by atoms with Crippen LogP contribution in [-0.2, 0) is 4.79 Å². The summed E-state index contributed by atoms with van der Waals surface area (Å²) < 4.78 is 64.7. The Kier molecular flexibility index (Phi) is 6.06. The van der Waals surface area contributed by atoms with Gasteiger partial charge in [-0.1, -0.05) is 6.42 Å². The fourth-order valence-electron chi connectivity index (χ4n) is 3.04. The van der Waals surface area contributed by atoms with E-state index in [4.69, 9.17) is 12.8 Å². The third-order valence-electron chi connectivity index (χ3n) is 4.36. The van der Waals surface area contributed by atoms with Crippen LogP contribution in [0, 0.1) is 5.41 Å². The van der Waals surface area contributed by atoms with Crippen molar-refractivity contribution in [2.75, 3.05) is 6.54 Å². The van der Waals surface area contributed by atoms with Crippen LogP contribution in [0.5, 0.6) is 0 Å². The zero-order valence-electron chi connectivity index (χ0n) is 24.5. The molecule has 0 aromatic rings. The Morgan fingerprint density at radius 3 is 1.74 bits per heavy atom. The van der Waals surface area contributed by atoms with Gasteiger partial charge in [-0.2, -0.15) is 0 Å². The molecule has 9 N–H and O–H groups in total. The maximum Gasteiger partial charge on any atom is 0.492 e. The van der Waals surface area contributed by atoms with Crippen LogP contribution in [0.1, 0.15) is 46.8 Å². The van der Waals surface area contributed by atoms with Gasteiger partial charge in [0.05, 0.1) is 0 Å². The highest BCUT2D eigenvalue weighted by Crippen LogP contribution is 2.37. The van der Waals surface area contributed by atoms with Gasteiger partial charge in [0.15, 0.2) is 11.4 Å². The Balaban J connectivity index is 5.80. The highest BCUT2D eigenvalue weighted by molar-refractivity contribution is 6.63. The van der Waals surface area contributed by atoms with Crippen molar-refractivity contribution in [3.05, 3.63) is 0 Å².